The smallest absolute Gasteiger partial charge is 0.0646 e. The summed E-state index contributed by atoms with van der Waals surface area (Å²) in [5.41, 5.74) is 5.85. The number of fused-ring (bicyclic) bond motifs is 2. The van der Waals surface area contributed by atoms with Crippen molar-refractivity contribution in [2.45, 2.75) is 32.6 Å². The molecule has 0 N–H and O–H groups in total. The molecule has 4 nitrogen and oxygen atoms in total. The third-order valence-electron chi connectivity index (χ3n) is 4.40. The molecule has 0 aliphatic carbocycles. The zero-order valence-corrected chi connectivity index (χ0v) is 13.5. The third kappa shape index (κ3) is 2.61. The van der Waals surface area contributed by atoms with Crippen LogP contribution in [0, 0.1) is 0 Å². The van der Waals surface area contributed by atoms with Gasteiger partial charge in [0.2, 0.25) is 0 Å². The van der Waals surface area contributed by atoms with Crippen molar-refractivity contribution in [3.8, 4) is 0 Å². The van der Waals surface area contributed by atoms with Crippen LogP contribution in [0.1, 0.15) is 36.7 Å². The number of rotatable bonds is 4. The van der Waals surface area contributed by atoms with Crippen molar-refractivity contribution in [2.24, 2.45) is 0 Å². The highest BCUT2D eigenvalue weighted by Gasteiger charge is 2.11. The molecule has 4 rings (SSSR count). The Bertz CT molecular complexity index is 964. The van der Waals surface area contributed by atoms with Gasteiger partial charge in [0.25, 0.3) is 0 Å². The Morgan fingerprint density at radius 2 is 2.04 bits per heavy atom. The quantitative estimate of drug-likeness (QED) is 0.573. The van der Waals surface area contributed by atoms with E-state index in [0.717, 1.165) is 35.3 Å². The monoisotopic (exact) mass is 304 g/mol. The van der Waals surface area contributed by atoms with Crippen LogP contribution in [0.25, 0.3) is 11.0 Å². The van der Waals surface area contributed by atoms with E-state index in [2.05, 4.69) is 59.9 Å². The molecule has 0 aromatic carbocycles. The Labute approximate surface area is 135 Å². The summed E-state index contributed by atoms with van der Waals surface area (Å²) >= 11 is 0. The highest BCUT2D eigenvalue weighted by molar-refractivity contribution is 5.49. The van der Waals surface area contributed by atoms with Gasteiger partial charge < -0.3 is 4.40 Å². The maximum atomic E-state index is 4.71. The lowest BCUT2D eigenvalue weighted by molar-refractivity contribution is 0.700. The second-order valence-electron chi connectivity index (χ2n) is 6.15. The molecular weight excluding hydrogens is 284 g/mol. The maximum Gasteiger partial charge on any atom is 0.0646 e. The van der Waals surface area contributed by atoms with Crippen molar-refractivity contribution in [2.75, 3.05) is 0 Å². The molecule has 4 aromatic heterocycles. The van der Waals surface area contributed by atoms with Gasteiger partial charge in [0.1, 0.15) is 0 Å². The lowest BCUT2D eigenvalue weighted by Gasteiger charge is -2.10. The number of hydrogen-bond donors (Lipinski definition) is 0. The summed E-state index contributed by atoms with van der Waals surface area (Å²) in [6.07, 6.45) is 10.2. The van der Waals surface area contributed by atoms with Gasteiger partial charge in [0.05, 0.1) is 28.6 Å². The molecule has 0 spiro atoms. The molecule has 0 saturated heterocycles. The standard InChI is InChI=1S/C19H20N4/c1-3-16-13-22-12-15(10-18(22)11-20-16)9-14(2)19-7-6-17-5-4-8-23(17)21-19/h4-8,10-14H,3,9H2,1-2H3. The molecule has 0 aliphatic rings. The van der Waals surface area contributed by atoms with E-state index in [9.17, 15) is 0 Å². The normalized spacial score (nSPS) is 13.0. The van der Waals surface area contributed by atoms with Crippen LogP contribution in [0.2, 0.25) is 0 Å². The predicted molar refractivity (Wildman–Crippen MR) is 91.9 cm³/mol. The fraction of sp³-hybridized carbons (Fsp3) is 0.263. The highest BCUT2D eigenvalue weighted by Crippen LogP contribution is 2.21. The minimum Gasteiger partial charge on any atom is -0.320 e. The average molecular weight is 304 g/mol. The summed E-state index contributed by atoms with van der Waals surface area (Å²) in [7, 11) is 0. The molecule has 4 heterocycles. The molecule has 4 aromatic rings. The Morgan fingerprint density at radius 1 is 1.13 bits per heavy atom. The first kappa shape index (κ1) is 14.0. The van der Waals surface area contributed by atoms with E-state index in [4.69, 9.17) is 5.10 Å². The van der Waals surface area contributed by atoms with Gasteiger partial charge in [-0.15, -0.1) is 0 Å². The van der Waals surface area contributed by atoms with Gasteiger partial charge in [-0.1, -0.05) is 13.8 Å². The van der Waals surface area contributed by atoms with Crippen LogP contribution in [-0.4, -0.2) is 19.0 Å². The second-order valence-corrected chi connectivity index (χ2v) is 6.15. The zero-order chi connectivity index (χ0) is 15.8. The van der Waals surface area contributed by atoms with Gasteiger partial charge in [-0.05, 0) is 48.7 Å². The average Bonchev–Trinajstić information content (AvgIpc) is 3.18. The van der Waals surface area contributed by atoms with Gasteiger partial charge in [-0.2, -0.15) is 5.10 Å². The topological polar surface area (TPSA) is 34.6 Å². The van der Waals surface area contributed by atoms with E-state index in [1.54, 1.807) is 0 Å². The van der Waals surface area contributed by atoms with Crippen LogP contribution in [-0.2, 0) is 12.8 Å². The van der Waals surface area contributed by atoms with Crippen LogP contribution in [0.15, 0.2) is 55.1 Å². The van der Waals surface area contributed by atoms with Gasteiger partial charge in [0, 0.05) is 24.5 Å². The Kier molecular flexibility index (Phi) is 3.37. The van der Waals surface area contributed by atoms with Crippen LogP contribution in [0.4, 0.5) is 0 Å². The summed E-state index contributed by atoms with van der Waals surface area (Å²) in [4.78, 5) is 4.47. The molecule has 23 heavy (non-hydrogen) atoms. The highest BCUT2D eigenvalue weighted by atomic mass is 15.2. The largest absolute Gasteiger partial charge is 0.320 e. The van der Waals surface area contributed by atoms with Crippen LogP contribution in [0.3, 0.4) is 0 Å². The maximum absolute atomic E-state index is 4.71. The molecule has 0 bridgehead atoms. The lowest BCUT2D eigenvalue weighted by atomic mass is 9.99. The van der Waals surface area contributed by atoms with Crippen molar-refractivity contribution in [3.05, 3.63) is 72.1 Å². The van der Waals surface area contributed by atoms with E-state index in [-0.39, 0.29) is 0 Å². The van der Waals surface area contributed by atoms with E-state index < -0.39 is 0 Å². The van der Waals surface area contributed by atoms with Crippen molar-refractivity contribution < 1.29 is 0 Å². The molecule has 1 unspecified atom stereocenters. The first-order valence-corrected chi connectivity index (χ1v) is 8.13. The minimum atomic E-state index is 0.373. The minimum absolute atomic E-state index is 0.373. The first-order chi connectivity index (χ1) is 11.2. The third-order valence-corrected chi connectivity index (χ3v) is 4.40. The Morgan fingerprint density at radius 3 is 2.91 bits per heavy atom. The lowest BCUT2D eigenvalue weighted by Crippen LogP contribution is -2.03. The number of nitrogens with zero attached hydrogens (tertiary/aromatic N) is 4. The van der Waals surface area contributed by atoms with Crippen LogP contribution in [0.5, 0.6) is 0 Å². The van der Waals surface area contributed by atoms with E-state index in [1.807, 2.05) is 23.0 Å². The van der Waals surface area contributed by atoms with Crippen molar-refractivity contribution in [1.29, 1.82) is 0 Å². The van der Waals surface area contributed by atoms with E-state index in [0.29, 0.717) is 5.92 Å². The molecule has 0 saturated carbocycles. The summed E-state index contributed by atoms with van der Waals surface area (Å²) in [6.45, 7) is 4.36. The van der Waals surface area contributed by atoms with Gasteiger partial charge in [-0.3, -0.25) is 4.98 Å². The Hall–Kier alpha value is -2.62. The summed E-state index contributed by atoms with van der Waals surface area (Å²) in [5, 5.41) is 4.71. The molecular formula is C19H20N4. The predicted octanol–water partition coefficient (Wildman–Crippen LogP) is 3.89. The second kappa shape index (κ2) is 5.54. The molecule has 0 fully saturated rings. The zero-order valence-electron chi connectivity index (χ0n) is 13.5. The summed E-state index contributed by atoms with van der Waals surface area (Å²) in [6, 6.07) is 10.6. The molecule has 0 radical (unpaired) electrons. The van der Waals surface area contributed by atoms with Crippen molar-refractivity contribution in [3.63, 3.8) is 0 Å². The fourth-order valence-corrected chi connectivity index (χ4v) is 3.07. The SMILES string of the molecule is CCc1cn2cc(CC(C)c3ccc4cccn4n3)cc2cn1. The fourth-order valence-electron chi connectivity index (χ4n) is 3.07. The molecule has 0 aliphatic heterocycles. The number of hydrogen-bond acceptors (Lipinski definition) is 2. The molecule has 1 atom stereocenters. The molecule has 116 valence electrons. The van der Waals surface area contributed by atoms with Crippen molar-refractivity contribution >= 4 is 11.0 Å². The van der Waals surface area contributed by atoms with Gasteiger partial charge >= 0.3 is 0 Å². The van der Waals surface area contributed by atoms with Gasteiger partial charge in [-0.25, -0.2) is 4.52 Å². The van der Waals surface area contributed by atoms with Gasteiger partial charge in [0.15, 0.2) is 0 Å². The van der Waals surface area contributed by atoms with E-state index >= 15 is 0 Å². The summed E-state index contributed by atoms with van der Waals surface area (Å²) in [5.74, 6) is 0.373. The Balaban J connectivity index is 1.61. The number of aromatic nitrogens is 4. The molecule has 0 amide bonds. The summed E-state index contributed by atoms with van der Waals surface area (Å²) < 4.78 is 4.12. The number of aryl methyl sites for hydroxylation is 1. The van der Waals surface area contributed by atoms with Crippen LogP contribution < -0.4 is 0 Å². The van der Waals surface area contributed by atoms with Crippen LogP contribution >= 0.6 is 0 Å². The molecule has 4 heteroatoms. The van der Waals surface area contributed by atoms with E-state index in [1.165, 1.54) is 5.56 Å². The van der Waals surface area contributed by atoms with Crippen molar-refractivity contribution in [1.82, 2.24) is 19.0 Å². The first-order valence-electron chi connectivity index (χ1n) is 8.13.